The molecule has 1 unspecified atom stereocenters. The first-order chi connectivity index (χ1) is 31.0. The number of amides is 4. The topological polar surface area (TPSA) is 163 Å². The van der Waals surface area contributed by atoms with E-state index in [1.54, 1.807) is 31.2 Å². The van der Waals surface area contributed by atoms with Gasteiger partial charge in [0.25, 0.3) is 5.91 Å². The molecule has 1 aliphatic carbocycles. The van der Waals surface area contributed by atoms with E-state index in [4.69, 9.17) is 9.47 Å². The van der Waals surface area contributed by atoms with E-state index in [0.717, 1.165) is 54.3 Å². The number of ether oxygens (including phenoxy) is 2. The van der Waals surface area contributed by atoms with Crippen molar-refractivity contribution >= 4 is 46.1 Å². The zero-order valence-electron chi connectivity index (χ0n) is 39.3. The Morgan fingerprint density at radius 3 is 2.55 bits per heavy atom. The summed E-state index contributed by atoms with van der Waals surface area (Å²) in [6.07, 6.45) is 7.46. The number of hydrogen-bond donors (Lipinski definition) is 3. The van der Waals surface area contributed by atoms with Gasteiger partial charge in [-0.15, -0.1) is 0 Å². The van der Waals surface area contributed by atoms with Crippen molar-refractivity contribution in [1.29, 1.82) is 0 Å². The third kappa shape index (κ3) is 10.2. The number of aromatic hydroxyl groups is 1. The molecule has 350 valence electrons. The Bertz CT molecular complexity index is 2360. The lowest BCUT2D eigenvalue weighted by atomic mass is 9.82. The van der Waals surface area contributed by atoms with Crippen LogP contribution in [0, 0.1) is 17.3 Å². The number of hydrazine groups is 1. The van der Waals surface area contributed by atoms with Gasteiger partial charge in [0.05, 0.1) is 19.1 Å². The summed E-state index contributed by atoms with van der Waals surface area (Å²) in [6.45, 7) is 16.1. The van der Waals surface area contributed by atoms with Crippen LogP contribution in [0.15, 0.2) is 54.6 Å². The first-order valence-corrected chi connectivity index (χ1v) is 23.4. The summed E-state index contributed by atoms with van der Waals surface area (Å²) in [7, 11) is 3.34. The number of allylic oxidation sites excluding steroid dienone is 1. The Morgan fingerprint density at radius 2 is 1.83 bits per heavy atom. The maximum Gasteiger partial charge on any atom is 0.324 e. The highest BCUT2D eigenvalue weighted by Gasteiger charge is 2.40. The van der Waals surface area contributed by atoms with Gasteiger partial charge in [0, 0.05) is 68.8 Å². The van der Waals surface area contributed by atoms with Crippen molar-refractivity contribution in [2.75, 3.05) is 47.0 Å². The van der Waals surface area contributed by atoms with Crippen LogP contribution < -0.4 is 10.7 Å². The Morgan fingerprint density at radius 1 is 1.06 bits per heavy atom. The molecule has 6 bridgehead atoms. The molecule has 2 saturated heterocycles. The number of phenolic OH excluding ortho intramolecular Hbond substituents is 1. The summed E-state index contributed by atoms with van der Waals surface area (Å²) >= 11 is 0. The van der Waals surface area contributed by atoms with Crippen LogP contribution in [0.2, 0.25) is 0 Å². The van der Waals surface area contributed by atoms with Crippen molar-refractivity contribution in [1.82, 2.24) is 30.1 Å². The van der Waals surface area contributed by atoms with Gasteiger partial charge in [0.1, 0.15) is 23.9 Å². The molecule has 0 saturated carbocycles. The number of benzene rings is 2. The van der Waals surface area contributed by atoms with Gasteiger partial charge in [-0.25, -0.2) is 5.43 Å². The van der Waals surface area contributed by atoms with E-state index in [0.29, 0.717) is 50.9 Å². The molecule has 7 rings (SSSR count). The molecule has 4 amide bonds. The number of cyclic esters (lactones) is 1. The molecule has 0 radical (unpaired) electrons. The lowest BCUT2D eigenvalue weighted by Crippen LogP contribution is -2.62. The second-order valence-electron chi connectivity index (χ2n) is 19.6. The number of nitrogens with zero attached hydrogens (tertiary/aromatic N) is 4. The number of carbonyl (C=O) groups is 5. The number of methoxy groups -OCH3 is 1. The van der Waals surface area contributed by atoms with E-state index in [9.17, 15) is 29.1 Å². The van der Waals surface area contributed by atoms with Crippen LogP contribution in [0.25, 0.3) is 27.6 Å². The van der Waals surface area contributed by atoms with Gasteiger partial charge in [-0.3, -0.25) is 29.0 Å². The summed E-state index contributed by atoms with van der Waals surface area (Å²) < 4.78 is 14.3. The summed E-state index contributed by atoms with van der Waals surface area (Å²) in [4.78, 5) is 72.3. The number of carbonyl (C=O) groups excluding carboxylic acids is 5. The number of aromatic nitrogens is 1. The molecule has 2 aromatic carbocycles. The van der Waals surface area contributed by atoms with Crippen molar-refractivity contribution in [2.45, 2.75) is 117 Å². The average Bonchev–Trinajstić information content (AvgIpc) is 3.90. The molecule has 14 nitrogen and oxygen atoms in total. The second-order valence-corrected chi connectivity index (χ2v) is 19.6. The molecule has 65 heavy (non-hydrogen) atoms. The quantitative estimate of drug-likeness (QED) is 0.160. The number of phenols is 1. The van der Waals surface area contributed by atoms with E-state index in [1.807, 2.05) is 19.9 Å². The van der Waals surface area contributed by atoms with Crippen LogP contribution in [0.5, 0.6) is 5.75 Å². The van der Waals surface area contributed by atoms with Gasteiger partial charge >= 0.3 is 5.97 Å². The van der Waals surface area contributed by atoms with Gasteiger partial charge in [0.2, 0.25) is 17.7 Å². The van der Waals surface area contributed by atoms with Gasteiger partial charge in [-0.1, -0.05) is 46.4 Å². The fourth-order valence-electron chi connectivity index (χ4n) is 10.5. The second kappa shape index (κ2) is 20.0. The molecule has 3 aliphatic heterocycles. The molecule has 4 aliphatic rings. The van der Waals surface area contributed by atoms with Crippen LogP contribution in [-0.2, 0) is 52.8 Å². The number of hydrogen-bond acceptors (Lipinski definition) is 9. The number of likely N-dealkylation sites (N-methyl/N-ethyl adjacent to an activating group) is 1. The number of nitrogens with one attached hydrogen (secondary N) is 2. The molecule has 3 N–H and O–H groups in total. The van der Waals surface area contributed by atoms with Gasteiger partial charge < -0.3 is 34.3 Å². The standard InChI is InChI=1S/C51H68N6O8/c1-9-44(59)55-21-19-34(28-55)48(61)54(7)45(31(3)4)47(60)52-42-24-32-22-36(25-37(58)23-32)33-17-18-43-39(26-33)40(46(56(43)10-2)38-15-12-11-14-35(38)29-64-8)27-51(5,6)30-65-50(63)41-16-13-20-57(53-41)49(42)62/h9,17-18,22-23,25-26,31,34,41-42,45,53,58H,1,10-16,19-21,24,27-30H2,2-8H3,(H,52,60)/t34-,41-,42-,45?/m0/s1. The van der Waals surface area contributed by atoms with E-state index in [-0.39, 0.29) is 43.1 Å². The Balaban J connectivity index is 1.30. The normalized spacial score (nSPS) is 22.1. The average molecular weight is 893 g/mol. The van der Waals surface area contributed by atoms with Crippen molar-refractivity contribution in [3.63, 3.8) is 0 Å². The van der Waals surface area contributed by atoms with Gasteiger partial charge in [0.15, 0.2) is 0 Å². The first kappa shape index (κ1) is 47.5. The zero-order chi connectivity index (χ0) is 46.7. The predicted octanol–water partition coefficient (Wildman–Crippen LogP) is 6.17. The number of likely N-dealkylation sites (tertiary alicyclic amines) is 1. The Kier molecular flexibility index (Phi) is 14.6. The zero-order valence-corrected chi connectivity index (χ0v) is 39.3. The number of esters is 1. The lowest BCUT2D eigenvalue weighted by Gasteiger charge is -2.37. The van der Waals surface area contributed by atoms with E-state index in [1.165, 1.54) is 38.4 Å². The maximum atomic E-state index is 14.7. The molecule has 1 aromatic heterocycles. The SMILES string of the molecule is C=CC(=O)N1CC[C@H](C(=O)N(C)C(C(=O)N[C@H]2Cc3cc(O)cc(c3)-c3ccc4c(c3)c(c(C3=C(COC)CCCC3)n4CC)CC(C)(C)COC(=O)[C@@H]3CCCN(N3)C2=O)C(C)C)C1. The van der Waals surface area contributed by atoms with E-state index >= 15 is 0 Å². The molecular weight excluding hydrogens is 825 g/mol. The third-order valence-electron chi connectivity index (χ3n) is 13.7. The minimum atomic E-state index is -1.14. The van der Waals surface area contributed by atoms with Crippen molar-refractivity contribution in [2.24, 2.45) is 17.3 Å². The molecule has 2 fully saturated rings. The van der Waals surface area contributed by atoms with Crippen molar-refractivity contribution in [3.8, 4) is 16.9 Å². The Hall–Kier alpha value is -5.47. The van der Waals surface area contributed by atoms with E-state index in [2.05, 4.69) is 60.9 Å². The van der Waals surface area contributed by atoms with Crippen LogP contribution >= 0.6 is 0 Å². The monoisotopic (exact) mass is 893 g/mol. The summed E-state index contributed by atoms with van der Waals surface area (Å²) in [5, 5.41) is 16.8. The minimum absolute atomic E-state index is 0.0114. The number of aryl methyl sites for hydroxylation is 1. The summed E-state index contributed by atoms with van der Waals surface area (Å²) in [5.41, 5.74) is 11.0. The molecule has 4 atom stereocenters. The minimum Gasteiger partial charge on any atom is -0.508 e. The van der Waals surface area contributed by atoms with E-state index < -0.39 is 47.2 Å². The smallest absolute Gasteiger partial charge is 0.324 e. The van der Waals surface area contributed by atoms with Gasteiger partial charge in [-0.05, 0) is 128 Å². The molecular formula is C51H68N6O8. The molecule has 0 spiro atoms. The predicted molar refractivity (Wildman–Crippen MR) is 250 cm³/mol. The molecule has 3 aromatic rings. The maximum absolute atomic E-state index is 14.7. The van der Waals surface area contributed by atoms with Crippen molar-refractivity contribution in [3.05, 3.63) is 71.4 Å². The Labute approximate surface area is 383 Å². The van der Waals surface area contributed by atoms with Crippen LogP contribution in [-0.4, -0.2) is 119 Å². The highest BCUT2D eigenvalue weighted by atomic mass is 16.5. The number of fused-ring (bicyclic) bond motifs is 6. The summed E-state index contributed by atoms with van der Waals surface area (Å²) in [6, 6.07) is 8.80. The summed E-state index contributed by atoms with van der Waals surface area (Å²) in [5.74, 6) is -2.74. The molecule has 14 heteroatoms. The molecule has 4 heterocycles. The highest BCUT2D eigenvalue weighted by Crippen LogP contribution is 2.43. The fraction of sp³-hybridized carbons (Fsp3) is 0.549. The van der Waals surface area contributed by atoms with Crippen LogP contribution in [0.4, 0.5) is 0 Å². The largest absolute Gasteiger partial charge is 0.508 e. The first-order valence-electron chi connectivity index (χ1n) is 23.4. The lowest BCUT2D eigenvalue weighted by molar-refractivity contribution is -0.155. The van der Waals surface area contributed by atoms with Gasteiger partial charge in [-0.2, -0.15) is 0 Å². The fourth-order valence-corrected chi connectivity index (χ4v) is 10.5. The van der Waals surface area contributed by atoms with Crippen LogP contribution in [0.3, 0.4) is 0 Å². The third-order valence-corrected chi connectivity index (χ3v) is 13.7. The van der Waals surface area contributed by atoms with Crippen LogP contribution in [0.1, 0.15) is 96.4 Å². The van der Waals surface area contributed by atoms with Crippen molar-refractivity contribution < 1.29 is 38.6 Å². The number of rotatable bonds is 10. The highest BCUT2D eigenvalue weighted by molar-refractivity contribution is 5.95.